The highest BCUT2D eigenvalue weighted by Crippen LogP contribution is 2.25. The van der Waals surface area contributed by atoms with Crippen LogP contribution >= 0.6 is 15.9 Å². The molecule has 1 aliphatic rings. The van der Waals surface area contributed by atoms with Crippen molar-refractivity contribution < 1.29 is 8.42 Å². The van der Waals surface area contributed by atoms with Crippen LogP contribution in [0.5, 0.6) is 0 Å². The molecule has 0 spiro atoms. The molecule has 0 bridgehead atoms. The molecular formula is C12H14BrN3O2S. The zero-order chi connectivity index (χ0) is 14.0. The average Bonchev–Trinajstić information content (AvgIpc) is 2.37. The van der Waals surface area contributed by atoms with Crippen molar-refractivity contribution in [3.63, 3.8) is 0 Å². The Hall–Kier alpha value is -1.10. The van der Waals surface area contributed by atoms with E-state index >= 15 is 0 Å². The van der Waals surface area contributed by atoms with Crippen LogP contribution in [0.1, 0.15) is 5.56 Å². The second-order valence-electron chi connectivity index (χ2n) is 4.42. The smallest absolute Gasteiger partial charge is 0.211 e. The summed E-state index contributed by atoms with van der Waals surface area (Å²) in [6, 6.07) is 7.72. The molecule has 1 heterocycles. The summed E-state index contributed by atoms with van der Waals surface area (Å²) in [6.07, 6.45) is 1.23. The van der Waals surface area contributed by atoms with Gasteiger partial charge < -0.3 is 4.90 Å². The second-order valence-corrected chi connectivity index (χ2v) is 7.32. The van der Waals surface area contributed by atoms with Gasteiger partial charge in [-0.15, -0.1) is 0 Å². The van der Waals surface area contributed by atoms with Crippen LogP contribution in [0.4, 0.5) is 5.69 Å². The number of rotatable bonds is 2. The van der Waals surface area contributed by atoms with E-state index in [1.165, 1.54) is 10.6 Å². The van der Waals surface area contributed by atoms with Crippen molar-refractivity contribution in [2.45, 2.75) is 0 Å². The van der Waals surface area contributed by atoms with Crippen LogP contribution < -0.4 is 4.90 Å². The van der Waals surface area contributed by atoms with Crippen molar-refractivity contribution >= 4 is 31.6 Å². The lowest BCUT2D eigenvalue weighted by Gasteiger charge is -2.35. The van der Waals surface area contributed by atoms with Gasteiger partial charge in [0.05, 0.1) is 17.5 Å². The molecule has 102 valence electrons. The van der Waals surface area contributed by atoms with Crippen LogP contribution in [0, 0.1) is 11.3 Å². The normalized spacial score (nSPS) is 17.2. The van der Waals surface area contributed by atoms with E-state index in [0.29, 0.717) is 31.7 Å². The van der Waals surface area contributed by atoms with Crippen LogP contribution in [0.2, 0.25) is 0 Å². The zero-order valence-electron chi connectivity index (χ0n) is 10.5. The first-order chi connectivity index (χ1) is 8.91. The Balaban J connectivity index is 2.17. The molecule has 5 nitrogen and oxygen atoms in total. The standard InChI is InChI=1S/C12H14BrN3O2S/c1-19(17,18)16-6-4-15(5-7-16)12-3-2-11(13)8-10(12)9-14/h2-3,8H,4-7H2,1H3. The first-order valence-corrected chi connectivity index (χ1v) is 8.45. The number of nitriles is 1. The van der Waals surface area contributed by atoms with Crippen LogP contribution in [0.25, 0.3) is 0 Å². The highest BCUT2D eigenvalue weighted by Gasteiger charge is 2.24. The van der Waals surface area contributed by atoms with E-state index in [4.69, 9.17) is 5.26 Å². The maximum atomic E-state index is 11.4. The predicted molar refractivity (Wildman–Crippen MR) is 77.5 cm³/mol. The quantitative estimate of drug-likeness (QED) is 0.814. The Kier molecular flexibility index (Phi) is 4.13. The van der Waals surface area contributed by atoms with E-state index in [1.807, 2.05) is 17.0 Å². The molecule has 0 aromatic heterocycles. The summed E-state index contributed by atoms with van der Waals surface area (Å²) in [4.78, 5) is 2.05. The van der Waals surface area contributed by atoms with Gasteiger partial charge in [-0.25, -0.2) is 8.42 Å². The van der Waals surface area contributed by atoms with Crippen molar-refractivity contribution in [2.24, 2.45) is 0 Å². The maximum Gasteiger partial charge on any atom is 0.211 e. The Bertz CT molecular complexity index is 616. The number of sulfonamides is 1. The van der Waals surface area contributed by atoms with E-state index in [2.05, 4.69) is 22.0 Å². The lowest BCUT2D eigenvalue weighted by atomic mass is 10.1. The average molecular weight is 344 g/mol. The second kappa shape index (κ2) is 5.49. The summed E-state index contributed by atoms with van der Waals surface area (Å²) in [5.41, 5.74) is 1.46. The fourth-order valence-corrected chi connectivity index (χ4v) is 3.32. The monoisotopic (exact) mass is 343 g/mol. The molecule has 0 atom stereocenters. The van der Waals surface area contributed by atoms with E-state index in [9.17, 15) is 8.42 Å². The zero-order valence-corrected chi connectivity index (χ0v) is 12.9. The van der Waals surface area contributed by atoms with Gasteiger partial charge in [-0.3, -0.25) is 0 Å². The third-order valence-electron chi connectivity index (χ3n) is 3.13. The van der Waals surface area contributed by atoms with Gasteiger partial charge in [0, 0.05) is 30.7 Å². The summed E-state index contributed by atoms with van der Waals surface area (Å²) in [5.74, 6) is 0. The number of halogens is 1. The molecule has 0 amide bonds. The fraction of sp³-hybridized carbons (Fsp3) is 0.417. The number of hydrogen-bond acceptors (Lipinski definition) is 4. The Morgan fingerprint density at radius 3 is 2.42 bits per heavy atom. The molecule has 2 rings (SSSR count). The molecule has 1 aromatic rings. The van der Waals surface area contributed by atoms with Crippen molar-refractivity contribution in [1.29, 1.82) is 5.26 Å². The van der Waals surface area contributed by atoms with E-state index in [0.717, 1.165) is 10.2 Å². The van der Waals surface area contributed by atoms with Crippen molar-refractivity contribution in [1.82, 2.24) is 4.31 Å². The largest absolute Gasteiger partial charge is 0.368 e. The van der Waals surface area contributed by atoms with Crippen molar-refractivity contribution in [3.8, 4) is 6.07 Å². The van der Waals surface area contributed by atoms with Gasteiger partial charge in [0.25, 0.3) is 0 Å². The number of hydrogen-bond donors (Lipinski definition) is 0. The summed E-state index contributed by atoms with van der Waals surface area (Å²) in [5, 5.41) is 9.15. The number of anilines is 1. The maximum absolute atomic E-state index is 11.4. The summed E-state index contributed by atoms with van der Waals surface area (Å²) < 4.78 is 25.2. The summed E-state index contributed by atoms with van der Waals surface area (Å²) in [6.45, 7) is 2.12. The summed E-state index contributed by atoms with van der Waals surface area (Å²) in [7, 11) is -3.12. The molecule has 1 aromatic carbocycles. The van der Waals surface area contributed by atoms with Gasteiger partial charge in [0.15, 0.2) is 0 Å². The topological polar surface area (TPSA) is 64.4 Å². The third kappa shape index (κ3) is 3.26. The van der Waals surface area contributed by atoms with Crippen LogP contribution in [0.3, 0.4) is 0 Å². The number of benzene rings is 1. The first-order valence-electron chi connectivity index (χ1n) is 5.81. The molecule has 0 radical (unpaired) electrons. The molecule has 1 fully saturated rings. The highest BCUT2D eigenvalue weighted by atomic mass is 79.9. The molecule has 0 N–H and O–H groups in total. The molecule has 19 heavy (non-hydrogen) atoms. The molecule has 7 heteroatoms. The van der Waals surface area contributed by atoms with E-state index in [-0.39, 0.29) is 0 Å². The number of nitrogens with zero attached hydrogens (tertiary/aromatic N) is 3. The Labute approximate surface area is 121 Å². The predicted octanol–water partition coefficient (Wildman–Crippen LogP) is 1.40. The number of piperazine rings is 1. The van der Waals surface area contributed by atoms with Gasteiger partial charge >= 0.3 is 0 Å². The molecule has 0 unspecified atom stereocenters. The van der Waals surface area contributed by atoms with Gasteiger partial charge in [-0.1, -0.05) is 15.9 Å². The fourth-order valence-electron chi connectivity index (χ4n) is 2.13. The SMILES string of the molecule is CS(=O)(=O)N1CCN(c2ccc(Br)cc2C#N)CC1. The van der Waals surface area contributed by atoms with Gasteiger partial charge in [-0.2, -0.15) is 9.57 Å². The van der Waals surface area contributed by atoms with E-state index < -0.39 is 10.0 Å². The summed E-state index contributed by atoms with van der Waals surface area (Å²) >= 11 is 3.34. The van der Waals surface area contributed by atoms with E-state index in [1.54, 1.807) is 6.07 Å². The molecule has 1 saturated heterocycles. The first kappa shape index (κ1) is 14.3. The highest BCUT2D eigenvalue weighted by molar-refractivity contribution is 9.10. The molecule has 1 aliphatic heterocycles. The van der Waals surface area contributed by atoms with Crippen LogP contribution in [-0.4, -0.2) is 45.2 Å². The van der Waals surface area contributed by atoms with Gasteiger partial charge in [-0.05, 0) is 18.2 Å². The van der Waals surface area contributed by atoms with Crippen LogP contribution in [-0.2, 0) is 10.0 Å². The van der Waals surface area contributed by atoms with Gasteiger partial charge in [0.1, 0.15) is 6.07 Å². The Morgan fingerprint density at radius 1 is 1.26 bits per heavy atom. The van der Waals surface area contributed by atoms with Crippen LogP contribution in [0.15, 0.2) is 22.7 Å². The lowest BCUT2D eigenvalue weighted by Crippen LogP contribution is -2.48. The van der Waals surface area contributed by atoms with Crippen molar-refractivity contribution in [3.05, 3.63) is 28.2 Å². The molecule has 0 saturated carbocycles. The minimum atomic E-state index is -3.12. The lowest BCUT2D eigenvalue weighted by molar-refractivity contribution is 0.388. The van der Waals surface area contributed by atoms with Crippen molar-refractivity contribution in [2.75, 3.05) is 37.3 Å². The molecular weight excluding hydrogens is 330 g/mol. The third-order valence-corrected chi connectivity index (χ3v) is 4.92. The molecule has 0 aliphatic carbocycles. The minimum Gasteiger partial charge on any atom is -0.368 e. The van der Waals surface area contributed by atoms with Gasteiger partial charge in [0.2, 0.25) is 10.0 Å². The minimum absolute atomic E-state index is 0.458. The Morgan fingerprint density at radius 2 is 1.89 bits per heavy atom.